The van der Waals surface area contributed by atoms with Crippen LogP contribution >= 0.6 is 0 Å². The van der Waals surface area contributed by atoms with Crippen molar-refractivity contribution in [1.82, 2.24) is 4.57 Å². The third-order valence-corrected chi connectivity index (χ3v) is 9.32. The summed E-state index contributed by atoms with van der Waals surface area (Å²) in [6.45, 7) is 10.2. The molecular weight excluding hydrogens is 682 g/mol. The minimum atomic E-state index is -0.722. The predicted molar refractivity (Wildman–Crippen MR) is 212 cm³/mol. The van der Waals surface area contributed by atoms with Gasteiger partial charge in [-0.05, 0) is 105 Å². The monoisotopic (exact) mass is 730 g/mol. The van der Waals surface area contributed by atoms with E-state index in [9.17, 15) is 14.0 Å². The fourth-order valence-electron chi connectivity index (χ4n) is 7.07. The van der Waals surface area contributed by atoms with Crippen LogP contribution in [0.3, 0.4) is 0 Å². The molecule has 0 unspecified atom stereocenters. The van der Waals surface area contributed by atoms with Crippen LogP contribution in [0.1, 0.15) is 75.9 Å². The summed E-state index contributed by atoms with van der Waals surface area (Å²) in [5, 5.41) is 3.14. The highest BCUT2D eigenvalue weighted by atomic mass is 19.1. The molecule has 1 aliphatic heterocycles. The Morgan fingerprint density at radius 1 is 0.870 bits per heavy atom. The number of esters is 1. The van der Waals surface area contributed by atoms with Gasteiger partial charge in [0.1, 0.15) is 17.2 Å². The van der Waals surface area contributed by atoms with Gasteiger partial charge in [0.25, 0.3) is 5.91 Å². The number of para-hydroxylation sites is 1. The zero-order chi connectivity index (χ0) is 38.4. The number of benzene rings is 4. The van der Waals surface area contributed by atoms with Gasteiger partial charge in [0, 0.05) is 29.6 Å². The molecule has 0 aliphatic carbocycles. The molecule has 1 saturated heterocycles. The lowest BCUT2D eigenvalue weighted by molar-refractivity contribution is -0.157. The number of ether oxygens (including phenoxy) is 2. The summed E-state index contributed by atoms with van der Waals surface area (Å²) in [5.41, 5.74) is 5.50. The summed E-state index contributed by atoms with van der Waals surface area (Å²) in [7, 11) is 0.891. The van der Waals surface area contributed by atoms with E-state index in [4.69, 9.17) is 18.8 Å². The van der Waals surface area contributed by atoms with Gasteiger partial charge >= 0.3 is 13.1 Å². The molecule has 1 aliphatic rings. The number of rotatable bonds is 12. The molecule has 0 saturated carbocycles. The van der Waals surface area contributed by atoms with Gasteiger partial charge in [-0.1, -0.05) is 74.5 Å². The van der Waals surface area contributed by atoms with Gasteiger partial charge in [-0.25, -0.2) is 4.39 Å². The van der Waals surface area contributed by atoms with Gasteiger partial charge in [0.05, 0.1) is 30.9 Å². The molecule has 5 aromatic rings. The van der Waals surface area contributed by atoms with E-state index in [1.54, 1.807) is 19.2 Å². The molecule has 1 amide bonds. The Bertz CT molecular complexity index is 2030. The molecule has 54 heavy (non-hydrogen) atoms. The van der Waals surface area contributed by atoms with Crippen LogP contribution in [0.4, 0.5) is 10.1 Å². The number of methoxy groups -OCH3 is 1. The van der Waals surface area contributed by atoms with Crippen LogP contribution in [0.5, 0.6) is 5.75 Å². The minimum Gasteiger partial charge on any atom is -0.497 e. The lowest BCUT2D eigenvalue weighted by Gasteiger charge is -2.35. The van der Waals surface area contributed by atoms with Gasteiger partial charge in [-0.15, -0.1) is 0 Å². The van der Waals surface area contributed by atoms with Gasteiger partial charge in [-0.2, -0.15) is 0 Å². The second kappa shape index (κ2) is 16.9. The summed E-state index contributed by atoms with van der Waals surface area (Å²) >= 11 is 0. The molecular formula is C44H48BFN2O6. The first-order valence-electron chi connectivity index (χ1n) is 18.5. The number of nitrogens with zero attached hydrogens (tertiary/aromatic N) is 1. The van der Waals surface area contributed by atoms with Crippen molar-refractivity contribution in [1.29, 1.82) is 0 Å². The fourth-order valence-corrected chi connectivity index (χ4v) is 7.07. The topological polar surface area (TPSA) is 88.0 Å². The van der Waals surface area contributed by atoms with E-state index in [0.717, 1.165) is 33.5 Å². The first-order chi connectivity index (χ1) is 25.9. The third-order valence-electron chi connectivity index (χ3n) is 9.32. The van der Waals surface area contributed by atoms with Crippen LogP contribution < -0.4 is 15.5 Å². The van der Waals surface area contributed by atoms with Crippen LogP contribution in [-0.2, 0) is 25.4 Å². The number of carbonyl (C=O) groups is 2. The van der Waals surface area contributed by atoms with E-state index < -0.39 is 18.8 Å². The maximum Gasteiger partial charge on any atom is 0.494 e. The highest BCUT2D eigenvalue weighted by molar-refractivity contribution is 6.61. The molecule has 0 bridgehead atoms. The predicted octanol–water partition coefficient (Wildman–Crippen LogP) is 9.04. The Hall–Kier alpha value is -5.19. The molecule has 6 rings (SSSR count). The smallest absolute Gasteiger partial charge is 0.494 e. The molecule has 2 atom stereocenters. The van der Waals surface area contributed by atoms with E-state index in [0.29, 0.717) is 36.4 Å². The quantitative estimate of drug-likeness (QED) is 0.102. The van der Waals surface area contributed by atoms with Crippen LogP contribution in [0.2, 0.25) is 0 Å². The maximum atomic E-state index is 14.5. The van der Waals surface area contributed by atoms with E-state index in [2.05, 4.69) is 23.7 Å². The molecule has 10 heteroatoms. The van der Waals surface area contributed by atoms with Gasteiger partial charge < -0.3 is 28.7 Å². The van der Waals surface area contributed by atoms with Crippen LogP contribution in [0.25, 0.3) is 22.4 Å². The number of amides is 1. The number of aromatic nitrogens is 1. The number of anilines is 1. The van der Waals surface area contributed by atoms with Crippen LogP contribution in [0, 0.1) is 5.82 Å². The summed E-state index contributed by atoms with van der Waals surface area (Å²) in [4.78, 5) is 27.5. The standard InChI is InChI=1S/C44H48BFN2O6/c1-29(2)41-40(43(50)47-34-15-11-8-12-16-34)39(30-13-9-7-10-14-30)42(31-17-21-33(46)22-18-31)48(41)26-25-36-27-37(28-38(49)52-44(3,4)5)54-45(53-36)32-19-23-35(51-6)24-20-32/h7-24,29,36-37H,25-28H2,1-6H3,(H,47,50)/t36-,37-/m1/s1. The van der Waals surface area contributed by atoms with E-state index in [-0.39, 0.29) is 36.1 Å². The number of hydrogen-bond acceptors (Lipinski definition) is 6. The van der Waals surface area contributed by atoms with Crippen LogP contribution in [0.15, 0.2) is 109 Å². The van der Waals surface area contributed by atoms with Crippen molar-refractivity contribution < 1.29 is 32.8 Å². The average Bonchev–Trinajstić information content (AvgIpc) is 3.50. The normalized spacial score (nSPS) is 16.0. The van der Waals surface area contributed by atoms with Crippen molar-refractivity contribution in [2.45, 2.75) is 84.2 Å². The summed E-state index contributed by atoms with van der Waals surface area (Å²) in [5.74, 6) is -0.277. The lowest BCUT2D eigenvalue weighted by atomic mass is 9.76. The fraction of sp³-hybridized carbons (Fsp3) is 0.318. The first kappa shape index (κ1) is 38.5. The molecule has 1 aromatic heterocycles. The van der Waals surface area contributed by atoms with Crippen molar-refractivity contribution in [3.8, 4) is 28.1 Å². The Kier molecular flexibility index (Phi) is 12.0. The highest BCUT2D eigenvalue weighted by Crippen LogP contribution is 2.43. The molecule has 8 nitrogen and oxygen atoms in total. The second-order valence-electron chi connectivity index (χ2n) is 14.9. The molecule has 280 valence electrons. The van der Waals surface area contributed by atoms with Crippen molar-refractivity contribution in [3.05, 3.63) is 126 Å². The molecule has 0 spiro atoms. The van der Waals surface area contributed by atoms with Gasteiger partial charge in [0.2, 0.25) is 0 Å². The number of hydrogen-bond donors (Lipinski definition) is 1. The lowest BCUT2D eigenvalue weighted by Crippen LogP contribution is -2.49. The van der Waals surface area contributed by atoms with Crippen molar-refractivity contribution in [3.63, 3.8) is 0 Å². The number of nitrogens with one attached hydrogen (secondary N) is 1. The maximum absolute atomic E-state index is 14.5. The Morgan fingerprint density at radius 3 is 2.11 bits per heavy atom. The van der Waals surface area contributed by atoms with Gasteiger partial charge in [-0.3, -0.25) is 9.59 Å². The number of halogens is 1. The van der Waals surface area contributed by atoms with Crippen molar-refractivity contribution in [2.24, 2.45) is 0 Å². The molecule has 4 aromatic carbocycles. The van der Waals surface area contributed by atoms with Crippen molar-refractivity contribution >= 4 is 30.1 Å². The minimum absolute atomic E-state index is 0.0687. The number of carbonyl (C=O) groups excluding carboxylic acids is 2. The summed E-state index contributed by atoms with van der Waals surface area (Å²) in [6, 6.07) is 33.2. The third kappa shape index (κ3) is 9.30. The summed E-state index contributed by atoms with van der Waals surface area (Å²) in [6.07, 6.45) is 0.306. The average molecular weight is 731 g/mol. The Morgan fingerprint density at radius 2 is 1.50 bits per heavy atom. The van der Waals surface area contributed by atoms with Gasteiger partial charge in [0.15, 0.2) is 0 Å². The van der Waals surface area contributed by atoms with E-state index in [1.165, 1.54) is 12.1 Å². The molecule has 2 heterocycles. The van der Waals surface area contributed by atoms with Crippen molar-refractivity contribution in [2.75, 3.05) is 12.4 Å². The molecule has 1 fully saturated rings. The zero-order valence-corrected chi connectivity index (χ0v) is 31.8. The molecule has 0 radical (unpaired) electrons. The Labute approximate surface area is 317 Å². The Balaban J connectivity index is 1.42. The summed E-state index contributed by atoms with van der Waals surface area (Å²) < 4.78 is 40.7. The highest BCUT2D eigenvalue weighted by Gasteiger charge is 2.38. The first-order valence-corrected chi connectivity index (χ1v) is 18.5. The zero-order valence-electron chi connectivity index (χ0n) is 31.8. The largest absolute Gasteiger partial charge is 0.497 e. The molecule has 1 N–H and O–H groups in total. The van der Waals surface area contributed by atoms with Crippen LogP contribution in [-0.4, -0.2) is 48.5 Å². The SMILES string of the molecule is COc1ccc(B2O[C@H](CCn3c(-c4ccc(F)cc4)c(-c4ccccc4)c(C(=O)Nc4ccccc4)c3C(C)C)C[C@H](CC(=O)OC(C)(C)C)O2)cc1. The second-order valence-corrected chi connectivity index (χ2v) is 14.9. The van der Waals surface area contributed by atoms with E-state index in [1.807, 2.05) is 106 Å². The van der Waals surface area contributed by atoms with E-state index >= 15 is 0 Å².